The maximum absolute atomic E-state index is 12.0. The van der Waals surface area contributed by atoms with Gasteiger partial charge in [-0.15, -0.1) is 11.3 Å². The summed E-state index contributed by atoms with van der Waals surface area (Å²) in [5, 5.41) is 4.09. The number of nitrogens with two attached hydrogens (primary N) is 1. The van der Waals surface area contributed by atoms with Gasteiger partial charge in [-0.05, 0) is 19.1 Å². The van der Waals surface area contributed by atoms with Gasteiger partial charge in [-0.1, -0.05) is 29.8 Å². The number of anilines is 1. The summed E-state index contributed by atoms with van der Waals surface area (Å²) in [5.41, 5.74) is 7.32. The van der Waals surface area contributed by atoms with Gasteiger partial charge in [-0.3, -0.25) is 4.79 Å². The first-order valence-corrected chi connectivity index (χ1v) is 6.59. The molecule has 3 N–H and O–H groups in total. The second kappa shape index (κ2) is 5.00. The van der Waals surface area contributed by atoms with Crippen LogP contribution in [0.15, 0.2) is 30.4 Å². The Balaban J connectivity index is 2.40. The number of amides is 1. The molecule has 3 nitrogen and oxygen atoms in total. The maximum Gasteiger partial charge on any atom is 0.263 e. The lowest BCUT2D eigenvalue weighted by atomic mass is 10.2. The van der Waals surface area contributed by atoms with E-state index in [0.29, 0.717) is 22.1 Å². The number of benzene rings is 1. The van der Waals surface area contributed by atoms with Crippen LogP contribution in [0.5, 0.6) is 0 Å². The summed E-state index contributed by atoms with van der Waals surface area (Å²) < 4.78 is 0.917. The topological polar surface area (TPSA) is 55.1 Å². The van der Waals surface area contributed by atoms with Crippen LogP contribution < -0.4 is 11.1 Å². The van der Waals surface area contributed by atoms with E-state index in [4.69, 9.17) is 17.3 Å². The van der Waals surface area contributed by atoms with Gasteiger partial charge in [-0.25, -0.2) is 0 Å². The number of carbonyl (C=O) groups is 1. The van der Waals surface area contributed by atoms with Gasteiger partial charge in [0.2, 0.25) is 0 Å². The van der Waals surface area contributed by atoms with Crippen molar-refractivity contribution in [1.29, 1.82) is 0 Å². The molecule has 0 aliphatic carbocycles. The zero-order valence-electron chi connectivity index (χ0n) is 9.92. The van der Waals surface area contributed by atoms with Crippen molar-refractivity contribution in [1.82, 2.24) is 5.32 Å². The Morgan fingerprint density at radius 3 is 2.89 bits per heavy atom. The number of thiophene rings is 1. The fourth-order valence-electron chi connectivity index (χ4n) is 1.61. The van der Waals surface area contributed by atoms with Crippen molar-refractivity contribution in [2.45, 2.75) is 6.92 Å². The average molecular weight is 281 g/mol. The maximum atomic E-state index is 12.0. The molecule has 1 heterocycles. The molecule has 0 radical (unpaired) electrons. The van der Waals surface area contributed by atoms with Gasteiger partial charge in [-0.2, -0.15) is 0 Å². The quantitative estimate of drug-likeness (QED) is 0.846. The van der Waals surface area contributed by atoms with E-state index in [-0.39, 0.29) is 5.91 Å². The Bertz CT molecular complexity index is 633. The van der Waals surface area contributed by atoms with E-state index >= 15 is 0 Å². The van der Waals surface area contributed by atoms with E-state index in [1.54, 1.807) is 6.07 Å². The molecular formula is C13H13ClN2OS. The monoisotopic (exact) mass is 280 g/mol. The van der Waals surface area contributed by atoms with Crippen LogP contribution in [0.4, 0.5) is 5.69 Å². The number of hydrogen-bond donors (Lipinski definition) is 2. The summed E-state index contributed by atoms with van der Waals surface area (Å²) >= 11 is 7.44. The van der Waals surface area contributed by atoms with Crippen LogP contribution in [0.2, 0.25) is 5.02 Å². The Labute approximate surface area is 114 Å². The molecule has 0 saturated heterocycles. The first-order valence-electron chi connectivity index (χ1n) is 5.39. The van der Waals surface area contributed by atoms with Crippen LogP contribution in [0.1, 0.15) is 16.6 Å². The van der Waals surface area contributed by atoms with Crippen LogP contribution in [0.25, 0.3) is 10.1 Å². The minimum atomic E-state index is -0.187. The van der Waals surface area contributed by atoms with E-state index in [1.807, 2.05) is 19.1 Å². The zero-order valence-corrected chi connectivity index (χ0v) is 11.5. The summed E-state index contributed by atoms with van der Waals surface area (Å²) in [4.78, 5) is 12.5. The fourth-order valence-corrected chi connectivity index (χ4v) is 3.01. The predicted molar refractivity (Wildman–Crippen MR) is 78.4 cm³/mol. The van der Waals surface area contributed by atoms with Gasteiger partial charge in [0, 0.05) is 16.6 Å². The van der Waals surface area contributed by atoms with Crippen LogP contribution in [0, 0.1) is 0 Å². The summed E-state index contributed by atoms with van der Waals surface area (Å²) in [5.74, 6) is -0.187. The second-order valence-electron chi connectivity index (χ2n) is 4.10. The van der Waals surface area contributed by atoms with Gasteiger partial charge in [0.1, 0.15) is 4.88 Å². The first-order chi connectivity index (χ1) is 8.50. The molecular weight excluding hydrogens is 268 g/mol. The Morgan fingerprint density at radius 2 is 2.28 bits per heavy atom. The number of hydrogen-bond acceptors (Lipinski definition) is 3. The number of carbonyl (C=O) groups excluding carboxylic acids is 1. The molecule has 0 fully saturated rings. The number of nitrogens with one attached hydrogen (secondary N) is 1. The van der Waals surface area contributed by atoms with Crippen molar-refractivity contribution in [2.75, 3.05) is 12.3 Å². The molecule has 1 aromatic heterocycles. The molecule has 0 bridgehead atoms. The molecule has 0 atom stereocenters. The van der Waals surface area contributed by atoms with Gasteiger partial charge in [0.25, 0.3) is 5.91 Å². The summed E-state index contributed by atoms with van der Waals surface area (Å²) in [6, 6.07) is 5.51. The molecule has 0 spiro atoms. The molecule has 2 aromatic rings. The lowest BCUT2D eigenvalue weighted by Crippen LogP contribution is -2.24. The molecule has 0 aliphatic heterocycles. The van der Waals surface area contributed by atoms with Gasteiger partial charge < -0.3 is 11.1 Å². The molecule has 0 saturated carbocycles. The van der Waals surface area contributed by atoms with Crippen molar-refractivity contribution in [3.63, 3.8) is 0 Å². The first kappa shape index (κ1) is 12.9. The van der Waals surface area contributed by atoms with E-state index in [1.165, 1.54) is 11.3 Å². The van der Waals surface area contributed by atoms with Gasteiger partial charge in [0.15, 0.2) is 0 Å². The average Bonchev–Trinajstić information content (AvgIpc) is 2.65. The second-order valence-corrected chi connectivity index (χ2v) is 5.56. The SMILES string of the molecule is C=C(C)CNC(=O)c1sc2cccc(Cl)c2c1N. The highest BCUT2D eigenvalue weighted by Gasteiger charge is 2.17. The number of fused-ring (bicyclic) bond motifs is 1. The third kappa shape index (κ3) is 2.35. The number of nitrogen functional groups attached to an aromatic ring is 1. The van der Waals surface area contributed by atoms with E-state index in [0.717, 1.165) is 15.7 Å². The van der Waals surface area contributed by atoms with Gasteiger partial charge >= 0.3 is 0 Å². The van der Waals surface area contributed by atoms with Gasteiger partial charge in [0.05, 0.1) is 10.7 Å². The van der Waals surface area contributed by atoms with Crippen molar-refractivity contribution in [3.05, 3.63) is 40.3 Å². The third-order valence-corrected chi connectivity index (χ3v) is 3.94. The van der Waals surface area contributed by atoms with Crippen LogP contribution in [-0.4, -0.2) is 12.5 Å². The highest BCUT2D eigenvalue weighted by atomic mass is 35.5. The zero-order chi connectivity index (χ0) is 13.3. The van der Waals surface area contributed by atoms with Crippen molar-refractivity contribution in [2.24, 2.45) is 0 Å². The molecule has 5 heteroatoms. The van der Waals surface area contributed by atoms with Crippen LogP contribution in [0.3, 0.4) is 0 Å². The van der Waals surface area contributed by atoms with E-state index in [2.05, 4.69) is 11.9 Å². The molecule has 0 aliphatic rings. The van der Waals surface area contributed by atoms with E-state index in [9.17, 15) is 4.79 Å². The summed E-state index contributed by atoms with van der Waals surface area (Å²) in [7, 11) is 0. The molecule has 94 valence electrons. The Morgan fingerprint density at radius 1 is 1.56 bits per heavy atom. The number of halogens is 1. The standard InChI is InChI=1S/C13H13ClN2OS/c1-7(2)6-16-13(17)12-11(15)10-8(14)4-3-5-9(10)18-12/h3-5H,1,6,15H2,2H3,(H,16,17). The predicted octanol–water partition coefficient (Wildman–Crippen LogP) is 3.44. The molecule has 18 heavy (non-hydrogen) atoms. The highest BCUT2D eigenvalue weighted by molar-refractivity contribution is 7.21. The minimum Gasteiger partial charge on any atom is -0.397 e. The molecule has 0 unspecified atom stereocenters. The Hall–Kier alpha value is -1.52. The van der Waals surface area contributed by atoms with Crippen molar-refractivity contribution in [3.8, 4) is 0 Å². The van der Waals surface area contributed by atoms with E-state index < -0.39 is 0 Å². The largest absolute Gasteiger partial charge is 0.397 e. The normalized spacial score (nSPS) is 10.6. The summed E-state index contributed by atoms with van der Waals surface area (Å²) in [6.45, 7) is 6.03. The van der Waals surface area contributed by atoms with Crippen molar-refractivity contribution >= 4 is 44.6 Å². The highest BCUT2D eigenvalue weighted by Crippen LogP contribution is 2.37. The summed E-state index contributed by atoms with van der Waals surface area (Å²) in [6.07, 6.45) is 0. The van der Waals surface area contributed by atoms with Crippen LogP contribution >= 0.6 is 22.9 Å². The minimum absolute atomic E-state index is 0.187. The van der Waals surface area contributed by atoms with Crippen molar-refractivity contribution < 1.29 is 4.79 Å². The van der Waals surface area contributed by atoms with Crippen LogP contribution in [-0.2, 0) is 0 Å². The fraction of sp³-hybridized carbons (Fsp3) is 0.154. The lowest BCUT2D eigenvalue weighted by Gasteiger charge is -2.03. The number of rotatable bonds is 3. The lowest BCUT2D eigenvalue weighted by molar-refractivity contribution is 0.0962. The molecule has 2 rings (SSSR count). The smallest absolute Gasteiger partial charge is 0.263 e. The third-order valence-electron chi connectivity index (χ3n) is 2.46. The Kier molecular flexibility index (Phi) is 3.59. The molecule has 1 aromatic carbocycles. The molecule has 1 amide bonds.